The Hall–Kier alpha value is -2.11. The highest BCUT2D eigenvalue weighted by Gasteiger charge is 2.47. The number of aliphatic hydroxyl groups excluding tert-OH is 1. The molecule has 1 aromatic rings. The van der Waals surface area contributed by atoms with Crippen LogP contribution in [-0.4, -0.2) is 33.2 Å². The molecule has 0 amide bonds. The second-order valence-corrected chi connectivity index (χ2v) is 6.11. The minimum Gasteiger partial charge on any atom is -0.505 e. The molecule has 120 valence electrons. The largest absolute Gasteiger partial charge is 0.505 e. The first kappa shape index (κ1) is 16.3. The fourth-order valence-corrected chi connectivity index (χ4v) is 2.66. The monoisotopic (exact) mass is 306 g/mol. The molecule has 0 aliphatic carbocycles. The first-order valence-corrected chi connectivity index (χ1v) is 7.53. The molecule has 1 unspecified atom stereocenters. The smallest absolute Gasteiger partial charge is 0.345 e. The van der Waals surface area contributed by atoms with Crippen LogP contribution in [0.15, 0.2) is 17.8 Å². The molecule has 6 nitrogen and oxygen atoms in total. The van der Waals surface area contributed by atoms with Gasteiger partial charge in [-0.2, -0.15) is 5.10 Å². The van der Waals surface area contributed by atoms with Crippen LogP contribution in [-0.2, 0) is 19.9 Å². The molecule has 0 aromatic carbocycles. The lowest BCUT2D eigenvalue weighted by Gasteiger charge is -2.34. The first-order chi connectivity index (χ1) is 10.3. The number of hydrogen-bond donors (Lipinski definition) is 1. The van der Waals surface area contributed by atoms with Crippen molar-refractivity contribution in [3.63, 3.8) is 0 Å². The van der Waals surface area contributed by atoms with Gasteiger partial charge in [-0.3, -0.25) is 4.79 Å². The van der Waals surface area contributed by atoms with Gasteiger partial charge < -0.3 is 9.84 Å². The maximum Gasteiger partial charge on any atom is 0.345 e. The molecular weight excluding hydrogens is 284 g/mol. The molecule has 1 atom stereocenters. The first-order valence-electron chi connectivity index (χ1n) is 7.53. The zero-order valence-electron chi connectivity index (χ0n) is 13.4. The fourth-order valence-electron chi connectivity index (χ4n) is 2.66. The van der Waals surface area contributed by atoms with Crippen LogP contribution < -0.4 is 0 Å². The number of rotatable bonds is 5. The van der Waals surface area contributed by atoms with Gasteiger partial charge in [0.1, 0.15) is 16.8 Å². The molecule has 1 aromatic heterocycles. The number of ketones is 1. The molecule has 1 aliphatic heterocycles. The minimum atomic E-state index is -0.989. The molecule has 22 heavy (non-hydrogen) atoms. The summed E-state index contributed by atoms with van der Waals surface area (Å²) in [6, 6.07) is 1.59. The van der Waals surface area contributed by atoms with E-state index in [-0.39, 0.29) is 17.9 Å². The van der Waals surface area contributed by atoms with Crippen LogP contribution in [0.5, 0.6) is 0 Å². The minimum absolute atomic E-state index is 0.144. The van der Waals surface area contributed by atoms with E-state index in [4.69, 9.17) is 4.74 Å². The molecule has 6 heteroatoms. The molecule has 0 bridgehead atoms. The Morgan fingerprint density at radius 3 is 2.77 bits per heavy atom. The Labute approximate surface area is 129 Å². The van der Waals surface area contributed by atoms with Gasteiger partial charge in [0.2, 0.25) is 5.78 Å². The van der Waals surface area contributed by atoms with Gasteiger partial charge >= 0.3 is 5.97 Å². The number of carbonyl (C=O) groups excluding carboxylic acids is 2. The average molecular weight is 306 g/mol. The molecule has 0 saturated carbocycles. The molecule has 1 aliphatic rings. The Kier molecular flexibility index (Phi) is 4.39. The lowest BCUT2D eigenvalue weighted by atomic mass is 9.81. The zero-order valence-corrected chi connectivity index (χ0v) is 13.4. The summed E-state index contributed by atoms with van der Waals surface area (Å²) >= 11 is 0. The van der Waals surface area contributed by atoms with Crippen molar-refractivity contribution in [1.82, 2.24) is 9.78 Å². The van der Waals surface area contributed by atoms with Crippen molar-refractivity contribution in [2.75, 3.05) is 6.61 Å². The summed E-state index contributed by atoms with van der Waals surface area (Å²) < 4.78 is 6.44. The van der Waals surface area contributed by atoms with Crippen LogP contribution in [0, 0.1) is 5.92 Å². The van der Waals surface area contributed by atoms with Gasteiger partial charge in [-0.25, -0.2) is 9.48 Å². The quantitative estimate of drug-likeness (QED) is 0.667. The van der Waals surface area contributed by atoms with Crippen LogP contribution in [0.1, 0.15) is 46.2 Å². The van der Waals surface area contributed by atoms with E-state index in [1.807, 2.05) is 0 Å². The average Bonchev–Trinajstić information content (AvgIpc) is 2.94. The lowest BCUT2D eigenvalue weighted by Crippen LogP contribution is -2.46. The summed E-state index contributed by atoms with van der Waals surface area (Å²) in [5.41, 5.74) is -0.896. The van der Waals surface area contributed by atoms with E-state index in [2.05, 4.69) is 18.9 Å². The van der Waals surface area contributed by atoms with Crippen LogP contribution in [0.2, 0.25) is 0 Å². The van der Waals surface area contributed by atoms with Gasteiger partial charge in [-0.15, -0.1) is 0 Å². The van der Waals surface area contributed by atoms with Gasteiger partial charge in [0.25, 0.3) is 0 Å². The molecule has 0 radical (unpaired) electrons. The number of esters is 1. The molecule has 0 spiro atoms. The summed E-state index contributed by atoms with van der Waals surface area (Å²) in [5, 5.41) is 14.5. The number of fused-ring (bicyclic) bond motifs is 1. The third kappa shape index (κ3) is 2.53. The summed E-state index contributed by atoms with van der Waals surface area (Å²) in [6.07, 6.45) is 2.85. The van der Waals surface area contributed by atoms with Crippen molar-refractivity contribution in [3.05, 3.63) is 23.5 Å². The standard InChI is InChI=1S/C16H22N2O4/c1-5-22-15(21)12-13(19)11-7-9-17-18(11)16(4,14(12)20)8-6-10(2)3/h7,9-10,19H,5-6,8H2,1-4H3. The lowest BCUT2D eigenvalue weighted by molar-refractivity contribution is -0.141. The van der Waals surface area contributed by atoms with Gasteiger partial charge in [-0.05, 0) is 38.7 Å². The van der Waals surface area contributed by atoms with Crippen molar-refractivity contribution >= 4 is 17.5 Å². The van der Waals surface area contributed by atoms with E-state index in [0.29, 0.717) is 18.0 Å². The van der Waals surface area contributed by atoms with Gasteiger partial charge in [0.05, 0.1) is 6.61 Å². The number of aliphatic hydroxyl groups is 1. The third-order valence-corrected chi connectivity index (χ3v) is 3.99. The summed E-state index contributed by atoms with van der Waals surface area (Å²) in [4.78, 5) is 25.0. The molecular formula is C16H22N2O4. The fraction of sp³-hybridized carbons (Fsp3) is 0.562. The molecule has 0 fully saturated rings. The van der Waals surface area contributed by atoms with Crippen LogP contribution in [0.3, 0.4) is 0 Å². The highest BCUT2D eigenvalue weighted by Crippen LogP contribution is 2.37. The number of ether oxygens (including phenoxy) is 1. The van der Waals surface area contributed by atoms with E-state index in [1.54, 1.807) is 19.9 Å². The number of carbonyl (C=O) groups is 2. The SMILES string of the molecule is CCOC(=O)C1=C(O)c2ccnn2C(C)(CCC(C)C)C1=O. The number of Topliss-reactive ketones (excluding diaryl/α,β-unsaturated/α-hetero) is 1. The van der Waals surface area contributed by atoms with E-state index in [1.165, 1.54) is 10.9 Å². The molecule has 1 N–H and O–H groups in total. The highest BCUT2D eigenvalue weighted by molar-refractivity contribution is 6.25. The predicted octanol–water partition coefficient (Wildman–Crippen LogP) is 2.45. The highest BCUT2D eigenvalue weighted by atomic mass is 16.5. The summed E-state index contributed by atoms with van der Waals surface area (Å²) in [7, 11) is 0. The number of nitrogens with zero attached hydrogens (tertiary/aromatic N) is 2. The zero-order chi connectivity index (χ0) is 16.5. The third-order valence-electron chi connectivity index (χ3n) is 3.99. The Balaban J connectivity index is 2.52. The maximum atomic E-state index is 12.9. The van der Waals surface area contributed by atoms with Crippen molar-refractivity contribution in [2.45, 2.75) is 46.1 Å². The van der Waals surface area contributed by atoms with Crippen LogP contribution >= 0.6 is 0 Å². The second kappa shape index (κ2) is 5.94. The topological polar surface area (TPSA) is 81.4 Å². The Morgan fingerprint density at radius 2 is 2.18 bits per heavy atom. The molecule has 0 saturated heterocycles. The van der Waals surface area contributed by atoms with E-state index in [9.17, 15) is 14.7 Å². The van der Waals surface area contributed by atoms with E-state index in [0.717, 1.165) is 6.42 Å². The van der Waals surface area contributed by atoms with Crippen molar-refractivity contribution in [3.8, 4) is 0 Å². The maximum absolute atomic E-state index is 12.9. The van der Waals surface area contributed by atoms with Crippen LogP contribution in [0.4, 0.5) is 0 Å². The van der Waals surface area contributed by atoms with E-state index < -0.39 is 17.3 Å². The van der Waals surface area contributed by atoms with E-state index >= 15 is 0 Å². The Morgan fingerprint density at radius 1 is 1.50 bits per heavy atom. The summed E-state index contributed by atoms with van der Waals surface area (Å²) in [6.45, 7) is 7.69. The second-order valence-electron chi connectivity index (χ2n) is 6.11. The predicted molar refractivity (Wildman–Crippen MR) is 81.1 cm³/mol. The number of aromatic nitrogens is 2. The Bertz CT molecular complexity index is 630. The molecule has 2 heterocycles. The number of hydrogen-bond acceptors (Lipinski definition) is 5. The molecule has 2 rings (SSSR count). The summed E-state index contributed by atoms with van der Waals surface area (Å²) in [5.74, 6) is -1.18. The van der Waals surface area contributed by atoms with Gasteiger partial charge in [0, 0.05) is 6.20 Å². The van der Waals surface area contributed by atoms with Crippen molar-refractivity contribution in [1.29, 1.82) is 0 Å². The van der Waals surface area contributed by atoms with Gasteiger partial charge in [0.15, 0.2) is 5.76 Å². The van der Waals surface area contributed by atoms with Gasteiger partial charge in [-0.1, -0.05) is 13.8 Å². The normalized spacial score (nSPS) is 21.2. The van der Waals surface area contributed by atoms with Crippen molar-refractivity contribution < 1.29 is 19.4 Å². The van der Waals surface area contributed by atoms with Crippen LogP contribution in [0.25, 0.3) is 5.76 Å². The van der Waals surface area contributed by atoms with Crippen molar-refractivity contribution in [2.24, 2.45) is 5.92 Å².